The van der Waals surface area contributed by atoms with Crippen molar-refractivity contribution in [1.82, 2.24) is 4.98 Å². The van der Waals surface area contributed by atoms with E-state index in [1.807, 2.05) is 12.1 Å². The molecule has 0 saturated carbocycles. The lowest BCUT2D eigenvalue weighted by molar-refractivity contribution is 1.38. The lowest BCUT2D eigenvalue weighted by Crippen LogP contribution is -1.80. The maximum atomic E-state index is 4.77. The maximum Gasteiger partial charge on any atom is 0.134 e. The second kappa shape index (κ2) is 4.96. The first kappa shape index (κ1) is 12.1. The van der Waals surface area contributed by atoms with Crippen molar-refractivity contribution in [3.8, 4) is 21.1 Å². The van der Waals surface area contributed by atoms with Crippen LogP contribution in [0, 0.1) is 6.92 Å². The predicted octanol–water partition coefficient (Wildman–Crippen LogP) is 5.61. The number of hydrogen-bond donors (Lipinski definition) is 0. The molecule has 0 spiro atoms. The van der Waals surface area contributed by atoms with Crippen LogP contribution >= 0.6 is 38.6 Å². The number of aryl methyl sites for hydroxylation is 1. The summed E-state index contributed by atoms with van der Waals surface area (Å²) in [4.78, 5) is 7.27. The zero-order valence-electron chi connectivity index (χ0n) is 9.68. The van der Waals surface area contributed by atoms with Crippen LogP contribution < -0.4 is 0 Å². The fourth-order valence-electron chi connectivity index (χ4n) is 1.81. The minimum atomic E-state index is 1.09. The van der Waals surface area contributed by atoms with Crippen LogP contribution in [0.1, 0.15) is 4.88 Å². The third kappa shape index (κ3) is 2.28. The summed E-state index contributed by atoms with van der Waals surface area (Å²) in [6.07, 6.45) is 0. The number of rotatable bonds is 2. The number of thiophene rings is 1. The van der Waals surface area contributed by atoms with Gasteiger partial charge in [0.05, 0.1) is 10.6 Å². The average molecular weight is 336 g/mol. The molecule has 4 heteroatoms. The Hall–Kier alpha value is -0.970. The molecular weight excluding hydrogens is 326 g/mol. The van der Waals surface area contributed by atoms with E-state index < -0.39 is 0 Å². The largest absolute Gasteiger partial charge is 0.235 e. The normalized spacial score (nSPS) is 10.8. The van der Waals surface area contributed by atoms with Gasteiger partial charge in [0.1, 0.15) is 5.01 Å². The van der Waals surface area contributed by atoms with Gasteiger partial charge >= 0.3 is 0 Å². The van der Waals surface area contributed by atoms with Gasteiger partial charge < -0.3 is 0 Å². The molecule has 0 fully saturated rings. The van der Waals surface area contributed by atoms with Gasteiger partial charge in [-0.05, 0) is 30.5 Å². The molecular formula is C14H10BrNS2. The Bertz CT molecular complexity index is 671. The number of benzene rings is 1. The first-order chi connectivity index (χ1) is 8.74. The minimum absolute atomic E-state index is 1.09. The standard InChI is InChI=1S/C14H10BrNS2/c1-9-13(10-4-2-5-11(15)8-10)16-14(18-9)12-6-3-7-17-12/h2-8H,1H3. The second-order valence-corrected chi connectivity index (χ2v) is 6.98. The van der Waals surface area contributed by atoms with E-state index in [4.69, 9.17) is 4.98 Å². The van der Waals surface area contributed by atoms with Crippen LogP contribution in [0.25, 0.3) is 21.1 Å². The van der Waals surface area contributed by atoms with Gasteiger partial charge in [0.2, 0.25) is 0 Å². The van der Waals surface area contributed by atoms with E-state index >= 15 is 0 Å². The summed E-state index contributed by atoms with van der Waals surface area (Å²) in [6.45, 7) is 2.13. The molecule has 0 bridgehead atoms. The molecule has 2 heterocycles. The van der Waals surface area contributed by atoms with Gasteiger partial charge in [0.25, 0.3) is 0 Å². The Balaban J connectivity index is 2.09. The van der Waals surface area contributed by atoms with Crippen molar-refractivity contribution in [3.05, 3.63) is 51.1 Å². The zero-order valence-corrected chi connectivity index (χ0v) is 12.9. The topological polar surface area (TPSA) is 12.9 Å². The monoisotopic (exact) mass is 335 g/mol. The summed E-state index contributed by atoms with van der Waals surface area (Å²) in [7, 11) is 0. The van der Waals surface area contributed by atoms with Crippen molar-refractivity contribution in [2.45, 2.75) is 6.92 Å². The van der Waals surface area contributed by atoms with Crippen LogP contribution in [-0.4, -0.2) is 4.98 Å². The smallest absolute Gasteiger partial charge is 0.134 e. The van der Waals surface area contributed by atoms with Crippen LogP contribution in [0.15, 0.2) is 46.3 Å². The quantitative estimate of drug-likeness (QED) is 0.593. The van der Waals surface area contributed by atoms with Crippen molar-refractivity contribution < 1.29 is 0 Å². The van der Waals surface area contributed by atoms with E-state index in [2.05, 4.69) is 52.5 Å². The van der Waals surface area contributed by atoms with E-state index in [0.717, 1.165) is 15.2 Å². The molecule has 0 radical (unpaired) electrons. The molecule has 3 rings (SSSR count). The first-order valence-corrected chi connectivity index (χ1v) is 8.00. The van der Waals surface area contributed by atoms with Crippen LogP contribution in [0.2, 0.25) is 0 Å². The maximum absolute atomic E-state index is 4.77. The van der Waals surface area contributed by atoms with Gasteiger partial charge in [-0.1, -0.05) is 34.1 Å². The molecule has 1 aromatic carbocycles. The molecule has 0 atom stereocenters. The summed E-state index contributed by atoms with van der Waals surface area (Å²) in [5, 5.41) is 3.20. The highest BCUT2D eigenvalue weighted by Crippen LogP contribution is 2.35. The lowest BCUT2D eigenvalue weighted by Gasteiger charge is -1.98. The average Bonchev–Trinajstić information content (AvgIpc) is 2.97. The number of halogens is 1. The van der Waals surface area contributed by atoms with Crippen molar-refractivity contribution in [3.63, 3.8) is 0 Å². The van der Waals surface area contributed by atoms with Crippen LogP contribution in [0.3, 0.4) is 0 Å². The summed E-state index contributed by atoms with van der Waals surface area (Å²) < 4.78 is 1.09. The molecule has 1 nitrogen and oxygen atoms in total. The van der Waals surface area contributed by atoms with Crippen LogP contribution in [0.5, 0.6) is 0 Å². The van der Waals surface area contributed by atoms with Crippen LogP contribution in [-0.2, 0) is 0 Å². The summed E-state index contributed by atoms with van der Waals surface area (Å²) in [6, 6.07) is 12.5. The lowest BCUT2D eigenvalue weighted by atomic mass is 10.1. The molecule has 18 heavy (non-hydrogen) atoms. The zero-order chi connectivity index (χ0) is 12.5. The molecule has 2 aromatic heterocycles. The van der Waals surface area contributed by atoms with Crippen molar-refractivity contribution in [2.24, 2.45) is 0 Å². The minimum Gasteiger partial charge on any atom is -0.235 e. The van der Waals surface area contributed by atoms with Crippen molar-refractivity contribution >= 4 is 38.6 Å². The van der Waals surface area contributed by atoms with E-state index in [-0.39, 0.29) is 0 Å². The van der Waals surface area contributed by atoms with E-state index in [1.54, 1.807) is 22.7 Å². The molecule has 0 N–H and O–H groups in total. The van der Waals surface area contributed by atoms with Gasteiger partial charge in [-0.15, -0.1) is 22.7 Å². The number of hydrogen-bond acceptors (Lipinski definition) is 3. The number of thiazole rings is 1. The molecule has 0 aliphatic heterocycles. The summed E-state index contributed by atoms with van der Waals surface area (Å²) >= 11 is 7.00. The van der Waals surface area contributed by atoms with Crippen LogP contribution in [0.4, 0.5) is 0 Å². The molecule has 90 valence electrons. The van der Waals surface area contributed by atoms with E-state index in [9.17, 15) is 0 Å². The highest BCUT2D eigenvalue weighted by molar-refractivity contribution is 9.10. The number of aromatic nitrogens is 1. The highest BCUT2D eigenvalue weighted by atomic mass is 79.9. The Kier molecular flexibility index (Phi) is 3.33. The van der Waals surface area contributed by atoms with Gasteiger partial charge in [-0.2, -0.15) is 0 Å². The Morgan fingerprint density at radius 2 is 2.06 bits per heavy atom. The first-order valence-electron chi connectivity index (χ1n) is 5.51. The molecule has 0 aliphatic rings. The molecule has 0 aliphatic carbocycles. The summed E-state index contributed by atoms with van der Waals surface area (Å²) in [5.41, 5.74) is 2.26. The molecule has 3 aromatic rings. The van der Waals surface area contributed by atoms with Gasteiger partial charge in [0, 0.05) is 14.9 Å². The van der Waals surface area contributed by atoms with Gasteiger partial charge in [-0.25, -0.2) is 4.98 Å². The fourth-order valence-corrected chi connectivity index (χ4v) is 3.94. The van der Waals surface area contributed by atoms with Crippen molar-refractivity contribution in [2.75, 3.05) is 0 Å². The van der Waals surface area contributed by atoms with E-state index in [1.165, 1.54) is 15.3 Å². The Morgan fingerprint density at radius 3 is 2.78 bits per heavy atom. The summed E-state index contributed by atoms with van der Waals surface area (Å²) in [5.74, 6) is 0. The Labute approximate surface area is 122 Å². The third-order valence-corrected chi connectivity index (χ3v) is 5.13. The number of nitrogens with zero attached hydrogens (tertiary/aromatic N) is 1. The molecule has 0 unspecified atom stereocenters. The highest BCUT2D eigenvalue weighted by Gasteiger charge is 2.11. The fraction of sp³-hybridized carbons (Fsp3) is 0.0714. The SMILES string of the molecule is Cc1sc(-c2cccs2)nc1-c1cccc(Br)c1. The third-order valence-electron chi connectivity index (χ3n) is 2.63. The van der Waals surface area contributed by atoms with Gasteiger partial charge in [-0.3, -0.25) is 0 Å². The van der Waals surface area contributed by atoms with E-state index in [0.29, 0.717) is 0 Å². The van der Waals surface area contributed by atoms with Crippen molar-refractivity contribution in [1.29, 1.82) is 0 Å². The Morgan fingerprint density at radius 1 is 1.17 bits per heavy atom. The predicted molar refractivity (Wildman–Crippen MR) is 83.3 cm³/mol. The molecule has 0 amide bonds. The molecule has 0 saturated heterocycles. The second-order valence-electron chi connectivity index (χ2n) is 3.91. The van der Waals surface area contributed by atoms with Gasteiger partial charge in [0.15, 0.2) is 0 Å².